The van der Waals surface area contributed by atoms with E-state index in [1.54, 1.807) is 0 Å². The topological polar surface area (TPSA) is 38.3 Å². The average Bonchev–Trinajstić information content (AvgIpc) is 2.52. The summed E-state index contributed by atoms with van der Waals surface area (Å²) in [6.07, 6.45) is 1.69. The number of nitrogens with one attached hydrogen (secondary N) is 1. The fraction of sp³-hybridized carbons (Fsp3) is 0.316. The smallest absolute Gasteiger partial charge is 0.257 e. The molecule has 0 aliphatic carbocycles. The van der Waals surface area contributed by atoms with Crippen LogP contribution in [0.2, 0.25) is 5.02 Å². The van der Waals surface area contributed by atoms with Crippen molar-refractivity contribution in [3.63, 3.8) is 0 Å². The van der Waals surface area contributed by atoms with Crippen LogP contribution in [0.25, 0.3) is 0 Å². The van der Waals surface area contributed by atoms with Gasteiger partial charge in [0.2, 0.25) is 0 Å². The standard InChI is InChI=1S/C19H22ClNO2/c1-14-9-10-18(15(2)12-14)23-13-19(22)21-11-5-7-16-6-3-4-8-17(16)20/h3-4,6,8-10,12H,5,7,11,13H2,1-2H3,(H,21,22). The van der Waals surface area contributed by atoms with Gasteiger partial charge in [-0.1, -0.05) is 47.5 Å². The summed E-state index contributed by atoms with van der Waals surface area (Å²) >= 11 is 6.10. The minimum Gasteiger partial charge on any atom is -0.484 e. The summed E-state index contributed by atoms with van der Waals surface area (Å²) in [6, 6.07) is 13.7. The van der Waals surface area contributed by atoms with E-state index in [1.807, 2.05) is 56.3 Å². The van der Waals surface area contributed by atoms with Gasteiger partial charge >= 0.3 is 0 Å². The van der Waals surface area contributed by atoms with Gasteiger partial charge in [0.1, 0.15) is 5.75 Å². The molecule has 0 heterocycles. The van der Waals surface area contributed by atoms with Crippen LogP contribution < -0.4 is 10.1 Å². The summed E-state index contributed by atoms with van der Waals surface area (Å²) in [5.74, 6) is 0.644. The maximum atomic E-state index is 11.8. The van der Waals surface area contributed by atoms with Crippen molar-refractivity contribution in [3.8, 4) is 5.75 Å². The number of benzene rings is 2. The highest BCUT2D eigenvalue weighted by Crippen LogP contribution is 2.18. The Labute approximate surface area is 142 Å². The van der Waals surface area contributed by atoms with Crippen LogP contribution in [-0.4, -0.2) is 19.1 Å². The van der Waals surface area contributed by atoms with Crippen LogP contribution in [0.1, 0.15) is 23.1 Å². The van der Waals surface area contributed by atoms with Crippen LogP contribution in [0, 0.1) is 13.8 Å². The Morgan fingerprint density at radius 2 is 1.96 bits per heavy atom. The minimum absolute atomic E-state index is 0.0377. The predicted molar refractivity (Wildman–Crippen MR) is 94.2 cm³/mol. The molecule has 0 aliphatic rings. The van der Waals surface area contributed by atoms with Crippen molar-refractivity contribution >= 4 is 17.5 Å². The maximum Gasteiger partial charge on any atom is 0.257 e. The number of carbonyl (C=O) groups is 1. The van der Waals surface area contributed by atoms with Gasteiger partial charge in [0.05, 0.1) is 0 Å². The van der Waals surface area contributed by atoms with E-state index in [9.17, 15) is 4.79 Å². The number of ether oxygens (including phenoxy) is 1. The molecule has 1 amide bonds. The number of amides is 1. The van der Waals surface area contributed by atoms with Crippen molar-refractivity contribution in [2.45, 2.75) is 26.7 Å². The number of aryl methyl sites for hydroxylation is 3. The molecule has 0 fully saturated rings. The number of hydrogen-bond donors (Lipinski definition) is 1. The maximum absolute atomic E-state index is 11.8. The van der Waals surface area contributed by atoms with Gasteiger partial charge in [0, 0.05) is 11.6 Å². The Balaban J connectivity index is 1.68. The molecule has 2 rings (SSSR count). The van der Waals surface area contributed by atoms with E-state index in [0.717, 1.165) is 34.7 Å². The molecule has 1 N–H and O–H groups in total. The third-order valence-corrected chi connectivity index (χ3v) is 3.96. The van der Waals surface area contributed by atoms with Crippen molar-refractivity contribution in [2.75, 3.05) is 13.2 Å². The van der Waals surface area contributed by atoms with E-state index >= 15 is 0 Å². The zero-order valence-electron chi connectivity index (χ0n) is 13.6. The minimum atomic E-state index is -0.107. The van der Waals surface area contributed by atoms with Crippen molar-refractivity contribution in [2.24, 2.45) is 0 Å². The Kier molecular flexibility index (Phi) is 6.48. The summed E-state index contributed by atoms with van der Waals surface area (Å²) in [6.45, 7) is 4.66. The van der Waals surface area contributed by atoms with Gasteiger partial charge in [-0.15, -0.1) is 0 Å². The van der Waals surface area contributed by atoms with E-state index in [2.05, 4.69) is 5.32 Å². The lowest BCUT2D eigenvalue weighted by Crippen LogP contribution is -2.30. The van der Waals surface area contributed by atoms with Crippen LogP contribution in [0.15, 0.2) is 42.5 Å². The molecular weight excluding hydrogens is 310 g/mol. The lowest BCUT2D eigenvalue weighted by Gasteiger charge is -2.10. The van der Waals surface area contributed by atoms with Crippen LogP contribution >= 0.6 is 11.6 Å². The van der Waals surface area contributed by atoms with Gasteiger partial charge in [-0.2, -0.15) is 0 Å². The third kappa shape index (κ3) is 5.61. The molecule has 2 aromatic rings. The zero-order chi connectivity index (χ0) is 16.7. The molecular formula is C19H22ClNO2. The normalized spacial score (nSPS) is 10.4. The number of halogens is 1. The van der Waals surface area contributed by atoms with Gasteiger partial charge in [-0.05, 0) is 49.9 Å². The SMILES string of the molecule is Cc1ccc(OCC(=O)NCCCc2ccccc2Cl)c(C)c1. The molecule has 0 radical (unpaired) electrons. The average molecular weight is 332 g/mol. The third-order valence-electron chi connectivity index (χ3n) is 3.59. The molecule has 3 nitrogen and oxygen atoms in total. The quantitative estimate of drug-likeness (QED) is 0.776. The van der Waals surface area contributed by atoms with Crippen LogP contribution in [0.4, 0.5) is 0 Å². The molecule has 0 aliphatic heterocycles. The Morgan fingerprint density at radius 3 is 2.70 bits per heavy atom. The Morgan fingerprint density at radius 1 is 1.17 bits per heavy atom. The lowest BCUT2D eigenvalue weighted by molar-refractivity contribution is -0.123. The molecule has 0 unspecified atom stereocenters. The zero-order valence-corrected chi connectivity index (χ0v) is 14.3. The van der Waals surface area contributed by atoms with Crippen LogP contribution in [0.5, 0.6) is 5.75 Å². The first-order chi connectivity index (χ1) is 11.1. The molecule has 2 aromatic carbocycles. The second-order valence-corrected chi connectivity index (χ2v) is 6.01. The molecule has 0 bridgehead atoms. The fourth-order valence-electron chi connectivity index (χ4n) is 2.36. The molecule has 0 atom stereocenters. The van der Waals surface area contributed by atoms with Crippen molar-refractivity contribution in [1.82, 2.24) is 5.32 Å². The second kappa shape index (κ2) is 8.59. The van der Waals surface area contributed by atoms with Gasteiger partial charge in [0.15, 0.2) is 6.61 Å². The number of carbonyl (C=O) groups excluding carboxylic acids is 1. The molecule has 4 heteroatoms. The van der Waals surface area contributed by atoms with E-state index in [0.29, 0.717) is 6.54 Å². The van der Waals surface area contributed by atoms with Crippen molar-refractivity contribution in [1.29, 1.82) is 0 Å². The molecule has 0 spiro atoms. The lowest BCUT2D eigenvalue weighted by atomic mass is 10.1. The first kappa shape index (κ1) is 17.4. The fourth-order valence-corrected chi connectivity index (χ4v) is 2.59. The molecule has 0 saturated heterocycles. The van der Waals surface area contributed by atoms with Gasteiger partial charge in [-0.25, -0.2) is 0 Å². The van der Waals surface area contributed by atoms with Gasteiger partial charge in [0.25, 0.3) is 5.91 Å². The second-order valence-electron chi connectivity index (χ2n) is 5.60. The van der Waals surface area contributed by atoms with E-state index in [-0.39, 0.29) is 12.5 Å². The summed E-state index contributed by atoms with van der Waals surface area (Å²) in [7, 11) is 0. The number of rotatable bonds is 7. The van der Waals surface area contributed by atoms with E-state index in [4.69, 9.17) is 16.3 Å². The molecule has 0 aromatic heterocycles. The van der Waals surface area contributed by atoms with Crippen LogP contribution in [-0.2, 0) is 11.2 Å². The Bertz CT molecular complexity index is 670. The highest BCUT2D eigenvalue weighted by molar-refractivity contribution is 6.31. The van der Waals surface area contributed by atoms with Crippen LogP contribution in [0.3, 0.4) is 0 Å². The molecule has 122 valence electrons. The summed E-state index contributed by atoms with van der Waals surface area (Å²) < 4.78 is 5.55. The first-order valence-electron chi connectivity index (χ1n) is 7.76. The summed E-state index contributed by atoms with van der Waals surface area (Å²) in [4.78, 5) is 11.8. The number of hydrogen-bond acceptors (Lipinski definition) is 2. The Hall–Kier alpha value is -2.00. The summed E-state index contributed by atoms with van der Waals surface area (Å²) in [5.41, 5.74) is 3.32. The highest BCUT2D eigenvalue weighted by Gasteiger charge is 2.05. The van der Waals surface area contributed by atoms with Gasteiger partial charge < -0.3 is 10.1 Å². The van der Waals surface area contributed by atoms with Crippen molar-refractivity contribution < 1.29 is 9.53 Å². The van der Waals surface area contributed by atoms with E-state index < -0.39 is 0 Å². The van der Waals surface area contributed by atoms with Gasteiger partial charge in [-0.3, -0.25) is 4.79 Å². The predicted octanol–water partition coefficient (Wildman–Crippen LogP) is 4.08. The van der Waals surface area contributed by atoms with Crippen molar-refractivity contribution in [3.05, 3.63) is 64.2 Å². The summed E-state index contributed by atoms with van der Waals surface area (Å²) in [5, 5.41) is 3.64. The monoisotopic (exact) mass is 331 g/mol. The first-order valence-corrected chi connectivity index (χ1v) is 8.14. The largest absolute Gasteiger partial charge is 0.484 e. The molecule has 23 heavy (non-hydrogen) atoms. The van der Waals surface area contributed by atoms with E-state index in [1.165, 1.54) is 5.56 Å². The highest BCUT2D eigenvalue weighted by atomic mass is 35.5. The molecule has 0 saturated carbocycles.